The zero-order valence-corrected chi connectivity index (χ0v) is 11.2. The Morgan fingerprint density at radius 3 is 2.33 bits per heavy atom. The molecule has 0 unspecified atom stereocenters. The molecule has 2 aromatic rings. The van der Waals surface area contributed by atoms with Crippen LogP contribution in [0.15, 0.2) is 42.5 Å². The van der Waals surface area contributed by atoms with Crippen LogP contribution in [0.2, 0.25) is 0 Å². The third-order valence-electron chi connectivity index (χ3n) is 2.66. The maximum Gasteiger partial charge on any atom is 0.137 e. The molecule has 0 spiro atoms. The molecule has 0 N–H and O–H groups in total. The number of rotatable bonds is 6. The van der Waals surface area contributed by atoms with Crippen molar-refractivity contribution in [3.05, 3.63) is 59.7 Å². The van der Waals surface area contributed by atoms with Crippen molar-refractivity contribution in [2.24, 2.45) is 0 Å². The number of ether oxygens (including phenoxy) is 2. The molecule has 0 amide bonds. The molecule has 2 aromatic carbocycles. The van der Waals surface area contributed by atoms with Gasteiger partial charge < -0.3 is 9.47 Å². The molecule has 5 heteroatoms. The Balaban J connectivity index is 1.76. The highest BCUT2D eigenvalue weighted by molar-refractivity contribution is 5.42. The van der Waals surface area contributed by atoms with E-state index in [1.807, 2.05) is 6.07 Å². The van der Waals surface area contributed by atoms with Gasteiger partial charge in [0.05, 0.1) is 18.8 Å². The van der Waals surface area contributed by atoms with E-state index in [9.17, 15) is 8.78 Å². The third kappa shape index (κ3) is 4.46. The Hall–Kier alpha value is -2.61. The molecule has 0 saturated heterocycles. The van der Waals surface area contributed by atoms with E-state index >= 15 is 0 Å². The van der Waals surface area contributed by atoms with Crippen molar-refractivity contribution in [2.75, 3.05) is 13.2 Å². The van der Waals surface area contributed by atoms with Gasteiger partial charge in [-0.1, -0.05) is 12.1 Å². The minimum Gasteiger partial charge on any atom is -0.493 e. The highest BCUT2D eigenvalue weighted by Gasteiger charge is 2.03. The number of nitrogens with zero attached hydrogens (tertiary/aromatic N) is 1. The van der Waals surface area contributed by atoms with Gasteiger partial charge >= 0.3 is 0 Å². The Labute approximate surface area is 121 Å². The smallest absolute Gasteiger partial charge is 0.137 e. The largest absolute Gasteiger partial charge is 0.493 e. The van der Waals surface area contributed by atoms with Crippen LogP contribution in [-0.2, 0) is 0 Å². The second-order valence-electron chi connectivity index (χ2n) is 4.26. The van der Waals surface area contributed by atoms with Gasteiger partial charge in [0.25, 0.3) is 0 Å². The molecule has 0 aliphatic carbocycles. The molecular weight excluding hydrogens is 276 g/mol. The van der Waals surface area contributed by atoms with Gasteiger partial charge in [-0.2, -0.15) is 5.26 Å². The van der Waals surface area contributed by atoms with Crippen LogP contribution < -0.4 is 9.47 Å². The zero-order chi connectivity index (χ0) is 15.1. The second kappa shape index (κ2) is 7.25. The van der Waals surface area contributed by atoms with E-state index in [-0.39, 0.29) is 12.4 Å². The van der Waals surface area contributed by atoms with Gasteiger partial charge in [-0.3, -0.25) is 0 Å². The lowest BCUT2D eigenvalue weighted by Crippen LogP contribution is -2.06. The van der Waals surface area contributed by atoms with Gasteiger partial charge in [0, 0.05) is 24.6 Å². The molecule has 2 rings (SSSR count). The van der Waals surface area contributed by atoms with Crippen molar-refractivity contribution < 1.29 is 18.3 Å². The van der Waals surface area contributed by atoms with E-state index in [2.05, 4.69) is 0 Å². The summed E-state index contributed by atoms with van der Waals surface area (Å²) in [6.45, 7) is 0.605. The molecule has 0 bridgehead atoms. The van der Waals surface area contributed by atoms with Crippen LogP contribution in [0.1, 0.15) is 12.0 Å². The minimum absolute atomic E-state index is 0.143. The first kappa shape index (κ1) is 14.8. The normalized spacial score (nSPS) is 9.95. The molecule has 3 nitrogen and oxygen atoms in total. The van der Waals surface area contributed by atoms with Crippen molar-refractivity contribution in [3.63, 3.8) is 0 Å². The van der Waals surface area contributed by atoms with Crippen LogP contribution in [0.3, 0.4) is 0 Å². The average molecular weight is 289 g/mol. The predicted octanol–water partition coefficient (Wildman–Crippen LogP) is 3.68. The van der Waals surface area contributed by atoms with Gasteiger partial charge in [-0.15, -0.1) is 0 Å². The van der Waals surface area contributed by atoms with Gasteiger partial charge in [-0.05, 0) is 12.1 Å². The maximum atomic E-state index is 12.9. The number of nitriles is 1. The second-order valence-corrected chi connectivity index (χ2v) is 4.26. The first-order chi connectivity index (χ1) is 10.2. The van der Waals surface area contributed by atoms with Crippen LogP contribution >= 0.6 is 0 Å². The number of halogens is 2. The molecule has 108 valence electrons. The first-order valence-electron chi connectivity index (χ1n) is 6.40. The minimum atomic E-state index is -0.677. The van der Waals surface area contributed by atoms with E-state index in [4.69, 9.17) is 14.7 Å². The Morgan fingerprint density at radius 2 is 1.62 bits per heavy atom. The van der Waals surface area contributed by atoms with Gasteiger partial charge in [-0.25, -0.2) is 8.78 Å². The SMILES string of the molecule is N#Cc1ccccc1OCCCOc1cc(F)cc(F)c1. The average Bonchev–Trinajstić information content (AvgIpc) is 2.46. The molecule has 21 heavy (non-hydrogen) atoms. The molecule has 0 atom stereocenters. The number of para-hydroxylation sites is 1. The van der Waals surface area contributed by atoms with Crippen molar-refractivity contribution in [2.45, 2.75) is 6.42 Å². The van der Waals surface area contributed by atoms with Crippen molar-refractivity contribution in [1.82, 2.24) is 0 Å². The van der Waals surface area contributed by atoms with Crippen molar-refractivity contribution in [3.8, 4) is 17.6 Å². The lowest BCUT2D eigenvalue weighted by atomic mass is 10.2. The van der Waals surface area contributed by atoms with Gasteiger partial charge in [0.2, 0.25) is 0 Å². The Bertz CT molecular complexity index is 633. The lowest BCUT2D eigenvalue weighted by Gasteiger charge is -2.09. The third-order valence-corrected chi connectivity index (χ3v) is 2.66. The summed E-state index contributed by atoms with van der Waals surface area (Å²) < 4.78 is 36.6. The topological polar surface area (TPSA) is 42.2 Å². The fourth-order valence-electron chi connectivity index (χ4n) is 1.73. The summed E-state index contributed by atoms with van der Waals surface area (Å²) >= 11 is 0. The molecule has 0 aromatic heterocycles. The van der Waals surface area contributed by atoms with Crippen LogP contribution in [0.4, 0.5) is 8.78 Å². The summed E-state index contributed by atoms with van der Waals surface area (Å²) in [7, 11) is 0. The Morgan fingerprint density at radius 1 is 0.952 bits per heavy atom. The van der Waals surface area contributed by atoms with Gasteiger partial charge in [0.15, 0.2) is 0 Å². The summed E-state index contributed by atoms with van der Waals surface area (Å²) in [5.74, 6) is -0.699. The quantitative estimate of drug-likeness (QED) is 0.762. The highest BCUT2D eigenvalue weighted by atomic mass is 19.1. The van der Waals surface area contributed by atoms with Crippen LogP contribution in [0.25, 0.3) is 0 Å². The summed E-state index contributed by atoms with van der Waals surface area (Å²) in [6, 6.07) is 12.0. The maximum absolute atomic E-state index is 12.9. The van der Waals surface area contributed by atoms with Crippen molar-refractivity contribution >= 4 is 0 Å². The predicted molar refractivity (Wildman–Crippen MR) is 73.1 cm³/mol. The monoisotopic (exact) mass is 289 g/mol. The Kier molecular flexibility index (Phi) is 5.10. The fraction of sp³-hybridized carbons (Fsp3) is 0.188. The zero-order valence-electron chi connectivity index (χ0n) is 11.2. The summed E-state index contributed by atoms with van der Waals surface area (Å²) in [4.78, 5) is 0. The van der Waals surface area contributed by atoms with Gasteiger partial charge in [0.1, 0.15) is 29.2 Å². The van der Waals surface area contributed by atoms with Crippen LogP contribution in [0, 0.1) is 23.0 Å². The summed E-state index contributed by atoms with van der Waals surface area (Å²) in [5, 5.41) is 8.90. The number of hydrogen-bond acceptors (Lipinski definition) is 3. The molecule has 0 saturated carbocycles. The number of hydrogen-bond donors (Lipinski definition) is 0. The van der Waals surface area contributed by atoms with E-state index in [1.54, 1.807) is 24.3 Å². The summed E-state index contributed by atoms with van der Waals surface area (Å²) in [6.07, 6.45) is 0.526. The van der Waals surface area contributed by atoms with Crippen molar-refractivity contribution in [1.29, 1.82) is 5.26 Å². The molecule has 0 aliphatic rings. The molecular formula is C16H13F2NO2. The molecule has 0 heterocycles. The number of benzene rings is 2. The van der Waals surface area contributed by atoms with Crippen LogP contribution in [-0.4, -0.2) is 13.2 Å². The lowest BCUT2D eigenvalue weighted by molar-refractivity contribution is 0.246. The summed E-state index contributed by atoms with van der Waals surface area (Å²) in [5.41, 5.74) is 0.464. The standard InChI is InChI=1S/C16H13F2NO2/c17-13-8-14(18)10-15(9-13)20-6-3-7-21-16-5-2-1-4-12(16)11-19/h1-2,4-5,8-10H,3,6-7H2. The van der Waals surface area contributed by atoms with Crippen LogP contribution in [0.5, 0.6) is 11.5 Å². The highest BCUT2D eigenvalue weighted by Crippen LogP contribution is 2.17. The van der Waals surface area contributed by atoms with E-state index in [0.29, 0.717) is 24.3 Å². The molecule has 0 fully saturated rings. The van der Waals surface area contributed by atoms with E-state index < -0.39 is 11.6 Å². The first-order valence-corrected chi connectivity index (χ1v) is 6.40. The van der Waals surface area contributed by atoms with E-state index in [0.717, 1.165) is 18.2 Å². The fourth-order valence-corrected chi connectivity index (χ4v) is 1.73. The molecule has 0 aliphatic heterocycles. The van der Waals surface area contributed by atoms with E-state index in [1.165, 1.54) is 0 Å². The molecule has 0 radical (unpaired) electrons.